The predicted molar refractivity (Wildman–Crippen MR) is 108 cm³/mol. The summed E-state index contributed by atoms with van der Waals surface area (Å²) in [6.45, 7) is 2.67. The first-order valence-corrected chi connectivity index (χ1v) is 9.66. The monoisotopic (exact) mass is 406 g/mol. The Kier molecular flexibility index (Phi) is 6.31. The van der Waals surface area contributed by atoms with Crippen molar-refractivity contribution < 1.29 is 13.8 Å². The lowest BCUT2D eigenvalue weighted by Crippen LogP contribution is -2.29. The maximum Gasteiger partial charge on any atom is 0.271 e. The third kappa shape index (κ3) is 5.21. The smallest absolute Gasteiger partial charge is 0.271 e. The quantitative estimate of drug-likeness (QED) is 0.389. The van der Waals surface area contributed by atoms with Gasteiger partial charge in [0.05, 0.1) is 18.1 Å². The van der Waals surface area contributed by atoms with Crippen LogP contribution in [0.15, 0.2) is 70.4 Å². The molecule has 3 heterocycles. The molecule has 0 saturated carbocycles. The fraction of sp³-hybridized carbons (Fsp3) is 0.238. The highest BCUT2D eigenvalue weighted by Crippen LogP contribution is 2.16. The van der Waals surface area contributed by atoms with E-state index >= 15 is 0 Å². The molecule has 9 heteroatoms. The number of aromatic nitrogens is 4. The number of benzene rings is 1. The Bertz CT molecular complexity index is 992. The second-order valence-corrected chi connectivity index (χ2v) is 6.92. The highest BCUT2D eigenvalue weighted by Gasteiger charge is 2.13. The SMILES string of the molecule is O=C(NCCCN(Cc1cnoc1)Cc1cnoc1)c1cc(-c2ccccc2)[nH]n1. The zero-order valence-corrected chi connectivity index (χ0v) is 16.3. The summed E-state index contributed by atoms with van der Waals surface area (Å²) < 4.78 is 9.83. The van der Waals surface area contributed by atoms with E-state index in [9.17, 15) is 4.79 Å². The van der Waals surface area contributed by atoms with E-state index in [1.54, 1.807) is 31.0 Å². The number of rotatable bonds is 10. The molecule has 0 unspecified atom stereocenters. The molecule has 0 aliphatic heterocycles. The molecule has 154 valence electrons. The maximum absolute atomic E-state index is 12.4. The number of carbonyl (C=O) groups is 1. The zero-order chi connectivity index (χ0) is 20.6. The highest BCUT2D eigenvalue weighted by molar-refractivity contribution is 5.93. The van der Waals surface area contributed by atoms with Crippen LogP contribution in [0, 0.1) is 0 Å². The van der Waals surface area contributed by atoms with Crippen LogP contribution in [0.3, 0.4) is 0 Å². The van der Waals surface area contributed by atoms with Gasteiger partial charge in [-0.2, -0.15) is 5.10 Å². The van der Waals surface area contributed by atoms with E-state index in [1.807, 2.05) is 30.3 Å². The van der Waals surface area contributed by atoms with Crippen LogP contribution in [0.25, 0.3) is 11.3 Å². The molecule has 9 nitrogen and oxygen atoms in total. The molecule has 3 aromatic heterocycles. The lowest BCUT2D eigenvalue weighted by molar-refractivity contribution is 0.0946. The molecule has 1 amide bonds. The molecule has 0 bridgehead atoms. The number of nitrogens with one attached hydrogen (secondary N) is 2. The summed E-state index contributed by atoms with van der Waals surface area (Å²) in [6.07, 6.45) is 7.43. The summed E-state index contributed by atoms with van der Waals surface area (Å²) in [6, 6.07) is 11.5. The maximum atomic E-state index is 12.4. The summed E-state index contributed by atoms with van der Waals surface area (Å²) in [5.74, 6) is -0.196. The Labute approximate surface area is 173 Å². The van der Waals surface area contributed by atoms with Gasteiger partial charge in [0, 0.05) is 37.3 Å². The van der Waals surface area contributed by atoms with Crippen molar-refractivity contribution in [3.8, 4) is 11.3 Å². The van der Waals surface area contributed by atoms with Crippen molar-refractivity contribution in [1.29, 1.82) is 0 Å². The summed E-state index contributed by atoms with van der Waals surface area (Å²) >= 11 is 0. The van der Waals surface area contributed by atoms with Crippen LogP contribution in [0.1, 0.15) is 28.0 Å². The molecule has 4 rings (SSSR count). The Balaban J connectivity index is 1.27. The molecule has 0 aliphatic carbocycles. The minimum atomic E-state index is -0.196. The van der Waals surface area contributed by atoms with E-state index in [0.29, 0.717) is 25.3 Å². The van der Waals surface area contributed by atoms with Gasteiger partial charge in [-0.05, 0) is 18.1 Å². The fourth-order valence-corrected chi connectivity index (χ4v) is 3.14. The molecule has 0 atom stereocenters. The third-order valence-electron chi connectivity index (χ3n) is 4.61. The first kappa shape index (κ1) is 19.6. The highest BCUT2D eigenvalue weighted by atomic mass is 16.5. The molecular formula is C21H22N6O3. The largest absolute Gasteiger partial charge is 0.364 e. The topological polar surface area (TPSA) is 113 Å². The van der Waals surface area contributed by atoms with E-state index in [0.717, 1.165) is 35.3 Å². The van der Waals surface area contributed by atoms with Crippen molar-refractivity contribution in [2.75, 3.05) is 13.1 Å². The van der Waals surface area contributed by atoms with Crippen molar-refractivity contribution in [2.45, 2.75) is 19.5 Å². The van der Waals surface area contributed by atoms with Crippen LogP contribution >= 0.6 is 0 Å². The van der Waals surface area contributed by atoms with Crippen LogP contribution in [0.2, 0.25) is 0 Å². The predicted octanol–water partition coefficient (Wildman–Crippen LogP) is 2.88. The number of nitrogens with zero attached hydrogens (tertiary/aromatic N) is 4. The molecule has 0 saturated heterocycles. The van der Waals surface area contributed by atoms with Crippen LogP contribution in [-0.2, 0) is 13.1 Å². The number of aromatic amines is 1. The van der Waals surface area contributed by atoms with Crippen LogP contribution in [-0.4, -0.2) is 44.4 Å². The average Bonchev–Trinajstić information content (AvgIpc) is 3.54. The molecule has 0 aliphatic rings. The Morgan fingerprint density at radius 2 is 1.73 bits per heavy atom. The average molecular weight is 406 g/mol. The summed E-state index contributed by atoms with van der Waals surface area (Å²) in [7, 11) is 0. The van der Waals surface area contributed by atoms with E-state index in [2.05, 4.69) is 30.7 Å². The van der Waals surface area contributed by atoms with Gasteiger partial charge in [-0.25, -0.2) is 0 Å². The fourth-order valence-electron chi connectivity index (χ4n) is 3.14. The second kappa shape index (κ2) is 9.66. The van der Waals surface area contributed by atoms with E-state index in [-0.39, 0.29) is 5.91 Å². The molecule has 0 radical (unpaired) electrons. The van der Waals surface area contributed by atoms with E-state index in [1.165, 1.54) is 0 Å². The standard InChI is InChI=1S/C21H22N6O3/c28-21(20-9-19(25-26-20)18-5-2-1-3-6-18)22-7-4-8-27(12-16-10-23-29-14-16)13-17-11-24-30-15-17/h1-3,5-6,9-11,14-15H,4,7-8,12-13H2,(H,22,28)(H,25,26). The number of amides is 1. The zero-order valence-electron chi connectivity index (χ0n) is 16.3. The molecule has 1 aromatic carbocycles. The van der Waals surface area contributed by atoms with Crippen LogP contribution in [0.4, 0.5) is 0 Å². The second-order valence-electron chi connectivity index (χ2n) is 6.92. The third-order valence-corrected chi connectivity index (χ3v) is 4.61. The number of hydrogen-bond acceptors (Lipinski definition) is 7. The van der Waals surface area contributed by atoms with Crippen LogP contribution < -0.4 is 5.32 Å². The summed E-state index contributed by atoms with van der Waals surface area (Å²) in [5, 5.41) is 17.5. The van der Waals surface area contributed by atoms with E-state index in [4.69, 9.17) is 9.05 Å². The molecule has 2 N–H and O–H groups in total. The minimum Gasteiger partial charge on any atom is -0.364 e. The minimum absolute atomic E-state index is 0.196. The van der Waals surface area contributed by atoms with Gasteiger partial charge in [-0.15, -0.1) is 0 Å². The van der Waals surface area contributed by atoms with Crippen LogP contribution in [0.5, 0.6) is 0 Å². The molecule has 0 spiro atoms. The van der Waals surface area contributed by atoms with Gasteiger partial charge in [0.2, 0.25) is 0 Å². The molecule has 0 fully saturated rings. The number of carbonyl (C=O) groups excluding carboxylic acids is 1. The summed E-state index contributed by atoms with van der Waals surface area (Å²) in [4.78, 5) is 14.6. The normalized spacial score (nSPS) is 11.1. The summed E-state index contributed by atoms with van der Waals surface area (Å²) in [5.41, 5.74) is 4.15. The number of H-pyrrole nitrogens is 1. The lowest BCUT2D eigenvalue weighted by atomic mass is 10.1. The molecular weight excluding hydrogens is 384 g/mol. The van der Waals surface area contributed by atoms with Gasteiger partial charge < -0.3 is 14.4 Å². The Morgan fingerprint density at radius 1 is 1.03 bits per heavy atom. The number of hydrogen-bond donors (Lipinski definition) is 2. The van der Waals surface area contributed by atoms with Gasteiger partial charge in [0.1, 0.15) is 12.5 Å². The van der Waals surface area contributed by atoms with Gasteiger partial charge >= 0.3 is 0 Å². The molecule has 30 heavy (non-hydrogen) atoms. The van der Waals surface area contributed by atoms with Gasteiger partial charge in [0.15, 0.2) is 5.69 Å². The Morgan fingerprint density at radius 3 is 2.37 bits per heavy atom. The first-order valence-electron chi connectivity index (χ1n) is 9.66. The van der Waals surface area contributed by atoms with E-state index < -0.39 is 0 Å². The van der Waals surface area contributed by atoms with Crippen molar-refractivity contribution in [3.05, 3.63) is 78.1 Å². The van der Waals surface area contributed by atoms with Gasteiger partial charge in [-0.3, -0.25) is 14.8 Å². The van der Waals surface area contributed by atoms with Crippen molar-refractivity contribution in [2.24, 2.45) is 0 Å². The van der Waals surface area contributed by atoms with Crippen molar-refractivity contribution >= 4 is 5.91 Å². The molecule has 4 aromatic rings. The van der Waals surface area contributed by atoms with Gasteiger partial charge in [-0.1, -0.05) is 40.6 Å². The van der Waals surface area contributed by atoms with Crippen molar-refractivity contribution in [3.63, 3.8) is 0 Å². The lowest BCUT2D eigenvalue weighted by Gasteiger charge is -2.20. The Hall–Kier alpha value is -3.72. The van der Waals surface area contributed by atoms with Crippen molar-refractivity contribution in [1.82, 2.24) is 30.7 Å². The van der Waals surface area contributed by atoms with Gasteiger partial charge in [0.25, 0.3) is 5.91 Å². The first-order chi connectivity index (χ1) is 14.8.